The molecular formula is C15H12ClN3OS. The molecule has 0 atom stereocenters. The van der Waals surface area contributed by atoms with E-state index in [-0.39, 0.29) is 5.91 Å². The minimum Gasteiger partial charge on any atom is -0.397 e. The molecule has 2 heterocycles. The van der Waals surface area contributed by atoms with Gasteiger partial charge in [0, 0.05) is 23.3 Å². The van der Waals surface area contributed by atoms with E-state index >= 15 is 0 Å². The van der Waals surface area contributed by atoms with Crippen molar-refractivity contribution in [1.82, 2.24) is 4.98 Å². The maximum atomic E-state index is 12.6. The van der Waals surface area contributed by atoms with Crippen LogP contribution < -0.4 is 10.6 Å². The van der Waals surface area contributed by atoms with E-state index in [0.717, 1.165) is 10.1 Å². The van der Waals surface area contributed by atoms with Crippen molar-refractivity contribution in [2.45, 2.75) is 0 Å². The van der Waals surface area contributed by atoms with Gasteiger partial charge in [0.05, 0.1) is 22.6 Å². The standard InChI is InChI=1S/C15H12ClN3OS/c1-19(9-4-3-7-18-8-9)15(20)14-13(17)12-10(16)5-2-6-11(12)21-14/h2-8H,17H2,1H3. The summed E-state index contributed by atoms with van der Waals surface area (Å²) in [6, 6.07) is 9.13. The van der Waals surface area contributed by atoms with Crippen LogP contribution >= 0.6 is 22.9 Å². The smallest absolute Gasteiger partial charge is 0.270 e. The summed E-state index contributed by atoms with van der Waals surface area (Å²) in [5.74, 6) is -0.169. The van der Waals surface area contributed by atoms with Gasteiger partial charge in [0.1, 0.15) is 4.88 Å². The van der Waals surface area contributed by atoms with E-state index in [1.165, 1.54) is 16.2 Å². The van der Waals surface area contributed by atoms with Gasteiger partial charge in [-0.25, -0.2) is 0 Å². The molecule has 0 fully saturated rings. The zero-order chi connectivity index (χ0) is 15.0. The van der Waals surface area contributed by atoms with Gasteiger partial charge in [0.2, 0.25) is 0 Å². The van der Waals surface area contributed by atoms with Gasteiger partial charge in [-0.2, -0.15) is 0 Å². The third-order valence-corrected chi connectivity index (χ3v) is 4.71. The van der Waals surface area contributed by atoms with Gasteiger partial charge in [-0.3, -0.25) is 9.78 Å². The van der Waals surface area contributed by atoms with Gasteiger partial charge in [-0.15, -0.1) is 11.3 Å². The largest absolute Gasteiger partial charge is 0.397 e. The molecular weight excluding hydrogens is 306 g/mol. The number of fused-ring (bicyclic) bond motifs is 1. The molecule has 3 aromatic rings. The van der Waals surface area contributed by atoms with Gasteiger partial charge in [0.15, 0.2) is 0 Å². The number of nitrogens with two attached hydrogens (primary N) is 1. The maximum Gasteiger partial charge on any atom is 0.270 e. The Morgan fingerprint density at radius 2 is 2.14 bits per heavy atom. The van der Waals surface area contributed by atoms with Crippen LogP contribution in [0.5, 0.6) is 0 Å². The quantitative estimate of drug-likeness (QED) is 0.782. The highest BCUT2D eigenvalue weighted by molar-refractivity contribution is 7.21. The number of nitrogens with zero attached hydrogens (tertiary/aromatic N) is 2. The SMILES string of the molecule is CN(C(=O)c1sc2cccc(Cl)c2c1N)c1cccnc1. The summed E-state index contributed by atoms with van der Waals surface area (Å²) in [6.07, 6.45) is 3.30. The molecule has 0 spiro atoms. The third-order valence-electron chi connectivity index (χ3n) is 3.23. The van der Waals surface area contributed by atoms with E-state index < -0.39 is 0 Å². The summed E-state index contributed by atoms with van der Waals surface area (Å²) < 4.78 is 0.905. The summed E-state index contributed by atoms with van der Waals surface area (Å²) >= 11 is 7.52. The summed E-state index contributed by atoms with van der Waals surface area (Å²) in [7, 11) is 1.70. The fourth-order valence-electron chi connectivity index (χ4n) is 2.11. The number of pyridine rings is 1. The summed E-state index contributed by atoms with van der Waals surface area (Å²) in [6.45, 7) is 0. The Hall–Kier alpha value is -2.11. The number of carbonyl (C=O) groups is 1. The highest BCUT2D eigenvalue weighted by Crippen LogP contribution is 2.38. The molecule has 6 heteroatoms. The molecule has 1 aromatic carbocycles. The average Bonchev–Trinajstić information content (AvgIpc) is 2.85. The molecule has 2 N–H and O–H groups in total. The lowest BCUT2D eigenvalue weighted by molar-refractivity contribution is 0.0997. The first-order valence-corrected chi connectivity index (χ1v) is 7.43. The Morgan fingerprint density at radius 1 is 1.33 bits per heavy atom. The van der Waals surface area contributed by atoms with Crippen LogP contribution in [0.3, 0.4) is 0 Å². The van der Waals surface area contributed by atoms with Crippen molar-refractivity contribution >= 4 is 50.3 Å². The van der Waals surface area contributed by atoms with Crippen LogP contribution in [0.4, 0.5) is 11.4 Å². The van der Waals surface area contributed by atoms with E-state index in [1.54, 1.807) is 31.6 Å². The van der Waals surface area contributed by atoms with E-state index in [2.05, 4.69) is 4.98 Å². The number of hydrogen-bond donors (Lipinski definition) is 1. The number of amides is 1. The third kappa shape index (κ3) is 2.34. The van der Waals surface area contributed by atoms with Crippen LogP contribution in [-0.2, 0) is 0 Å². The Morgan fingerprint density at radius 3 is 2.81 bits per heavy atom. The Bertz CT molecular complexity index is 816. The lowest BCUT2D eigenvalue weighted by Gasteiger charge is -2.16. The second-order valence-corrected chi connectivity index (χ2v) is 5.99. The zero-order valence-electron chi connectivity index (χ0n) is 11.2. The van der Waals surface area contributed by atoms with E-state index in [0.29, 0.717) is 21.3 Å². The summed E-state index contributed by atoms with van der Waals surface area (Å²) in [5.41, 5.74) is 7.26. The van der Waals surface area contributed by atoms with Gasteiger partial charge in [0.25, 0.3) is 5.91 Å². The number of halogens is 1. The number of benzene rings is 1. The number of anilines is 2. The predicted molar refractivity (Wildman–Crippen MR) is 88.2 cm³/mol. The number of thiophene rings is 1. The fourth-order valence-corrected chi connectivity index (χ4v) is 3.57. The van der Waals surface area contributed by atoms with Gasteiger partial charge in [-0.05, 0) is 24.3 Å². The minimum atomic E-state index is -0.169. The molecule has 0 aliphatic rings. The van der Waals surface area contributed by atoms with Crippen molar-refractivity contribution < 1.29 is 4.79 Å². The number of rotatable bonds is 2. The molecule has 0 saturated heterocycles. The molecule has 0 unspecified atom stereocenters. The molecule has 0 aliphatic carbocycles. The average molecular weight is 318 g/mol. The second kappa shape index (κ2) is 5.35. The number of carbonyl (C=O) groups excluding carboxylic acids is 1. The first-order chi connectivity index (χ1) is 10.1. The first-order valence-electron chi connectivity index (χ1n) is 6.24. The van der Waals surface area contributed by atoms with Gasteiger partial charge >= 0.3 is 0 Å². The van der Waals surface area contributed by atoms with Crippen molar-refractivity contribution in [3.05, 3.63) is 52.6 Å². The van der Waals surface area contributed by atoms with Crippen LogP contribution in [0.2, 0.25) is 5.02 Å². The first kappa shape index (κ1) is 13.9. The molecule has 0 radical (unpaired) electrons. The Kier molecular flexibility index (Phi) is 3.53. The predicted octanol–water partition coefficient (Wildman–Crippen LogP) is 3.81. The van der Waals surface area contributed by atoms with Crippen molar-refractivity contribution in [3.63, 3.8) is 0 Å². The molecule has 3 rings (SSSR count). The molecule has 2 aromatic heterocycles. The van der Waals surface area contributed by atoms with Crippen molar-refractivity contribution in [2.24, 2.45) is 0 Å². The lowest BCUT2D eigenvalue weighted by atomic mass is 10.2. The highest BCUT2D eigenvalue weighted by atomic mass is 35.5. The highest BCUT2D eigenvalue weighted by Gasteiger charge is 2.21. The van der Waals surface area contributed by atoms with E-state index in [4.69, 9.17) is 17.3 Å². The maximum absolute atomic E-state index is 12.6. The molecule has 4 nitrogen and oxygen atoms in total. The fraction of sp³-hybridized carbons (Fsp3) is 0.0667. The van der Waals surface area contributed by atoms with Gasteiger partial charge < -0.3 is 10.6 Å². The van der Waals surface area contributed by atoms with E-state index in [9.17, 15) is 4.79 Å². The second-order valence-electron chi connectivity index (χ2n) is 4.53. The van der Waals surface area contributed by atoms with Crippen LogP contribution in [0.15, 0.2) is 42.7 Å². The summed E-state index contributed by atoms with van der Waals surface area (Å²) in [4.78, 5) is 18.7. The van der Waals surface area contributed by atoms with E-state index in [1.807, 2.05) is 18.2 Å². The monoisotopic (exact) mass is 317 g/mol. The Balaban J connectivity index is 2.06. The van der Waals surface area contributed by atoms with Crippen molar-refractivity contribution in [1.29, 1.82) is 0 Å². The van der Waals surface area contributed by atoms with Gasteiger partial charge in [-0.1, -0.05) is 17.7 Å². The van der Waals surface area contributed by atoms with Crippen LogP contribution in [0.1, 0.15) is 9.67 Å². The van der Waals surface area contributed by atoms with Crippen molar-refractivity contribution in [2.75, 3.05) is 17.7 Å². The topological polar surface area (TPSA) is 59.2 Å². The Labute approximate surface area is 130 Å². The minimum absolute atomic E-state index is 0.169. The number of hydrogen-bond acceptors (Lipinski definition) is 4. The number of aromatic nitrogens is 1. The summed E-state index contributed by atoms with van der Waals surface area (Å²) in [5, 5.41) is 1.30. The lowest BCUT2D eigenvalue weighted by Crippen LogP contribution is -2.26. The van der Waals surface area contributed by atoms with Crippen LogP contribution in [0, 0.1) is 0 Å². The molecule has 21 heavy (non-hydrogen) atoms. The number of nitrogen functional groups attached to an aromatic ring is 1. The zero-order valence-corrected chi connectivity index (χ0v) is 12.8. The van der Waals surface area contributed by atoms with Crippen LogP contribution in [0.25, 0.3) is 10.1 Å². The molecule has 0 aliphatic heterocycles. The van der Waals surface area contributed by atoms with Crippen molar-refractivity contribution in [3.8, 4) is 0 Å². The molecule has 0 saturated carbocycles. The normalized spacial score (nSPS) is 10.8. The van der Waals surface area contributed by atoms with Crippen LogP contribution in [-0.4, -0.2) is 17.9 Å². The molecule has 0 bridgehead atoms. The molecule has 1 amide bonds. The molecule has 106 valence electrons.